The maximum atomic E-state index is 12.6. The minimum Gasteiger partial charge on any atom is -0.467 e. The molecular formula is C28H29N5O2S. The molecule has 5 rings (SSSR count). The monoisotopic (exact) mass is 499 g/mol. The predicted molar refractivity (Wildman–Crippen MR) is 143 cm³/mol. The van der Waals surface area contributed by atoms with E-state index in [2.05, 4.69) is 40.4 Å². The number of piperazine rings is 1. The molecule has 1 aliphatic heterocycles. The Hall–Kier alpha value is -3.62. The highest BCUT2D eigenvalue weighted by atomic mass is 32.2. The minimum absolute atomic E-state index is 0.127. The zero-order chi connectivity index (χ0) is 24.7. The van der Waals surface area contributed by atoms with E-state index in [4.69, 9.17) is 14.4 Å². The Morgan fingerprint density at radius 2 is 1.81 bits per heavy atom. The summed E-state index contributed by atoms with van der Waals surface area (Å²) in [5.41, 5.74) is 3.66. The van der Waals surface area contributed by atoms with Crippen LogP contribution in [-0.4, -0.2) is 54.0 Å². The molecule has 1 saturated heterocycles. The number of hydrogen-bond donors (Lipinski definition) is 1. The van der Waals surface area contributed by atoms with E-state index in [1.54, 1.807) is 18.0 Å². The number of carbonyl (C=O) groups excluding carboxylic acids is 1. The average Bonchev–Trinajstić information content (AvgIpc) is 3.45. The van der Waals surface area contributed by atoms with E-state index in [-0.39, 0.29) is 5.91 Å². The van der Waals surface area contributed by atoms with Crippen molar-refractivity contribution in [2.75, 3.05) is 38.1 Å². The summed E-state index contributed by atoms with van der Waals surface area (Å²) in [5.74, 6) is 2.23. The second-order valence-corrected chi connectivity index (χ2v) is 9.74. The van der Waals surface area contributed by atoms with Crippen molar-refractivity contribution in [3.05, 3.63) is 95.9 Å². The number of likely N-dealkylation sites (N-methyl/N-ethyl adjacent to an activating group) is 1. The molecule has 7 nitrogen and oxygen atoms in total. The maximum Gasteiger partial charge on any atom is 0.251 e. The number of nitrogens with one attached hydrogen (secondary N) is 1. The van der Waals surface area contributed by atoms with Crippen LogP contribution in [0.25, 0.3) is 11.3 Å². The van der Waals surface area contributed by atoms with Crippen molar-refractivity contribution in [1.82, 2.24) is 20.2 Å². The van der Waals surface area contributed by atoms with E-state index in [1.165, 1.54) is 0 Å². The Morgan fingerprint density at radius 3 is 2.58 bits per heavy atom. The third kappa shape index (κ3) is 6.13. The maximum absolute atomic E-state index is 12.6. The lowest BCUT2D eigenvalue weighted by molar-refractivity contribution is 0.0948. The standard InChI is InChI=1S/C28H29N5O2S/c1-32-12-14-33(15-13-32)26-18-25(22-8-3-2-4-9-22)30-28(31-26)36-20-21-7-5-10-23(17-21)27(34)29-19-24-11-6-16-35-24/h2-11,16-18H,12-15,19-20H2,1H3,(H,29,34). The Labute approximate surface area is 215 Å². The third-order valence-corrected chi connectivity index (χ3v) is 7.07. The molecule has 0 unspecified atom stereocenters. The quantitative estimate of drug-likeness (QED) is 0.278. The number of hydrogen-bond acceptors (Lipinski definition) is 7. The lowest BCUT2D eigenvalue weighted by atomic mass is 10.1. The molecule has 2 aromatic heterocycles. The molecule has 1 amide bonds. The fourth-order valence-electron chi connectivity index (χ4n) is 4.06. The Balaban J connectivity index is 1.31. The van der Waals surface area contributed by atoms with Crippen molar-refractivity contribution in [3.8, 4) is 11.3 Å². The largest absolute Gasteiger partial charge is 0.467 e. The van der Waals surface area contributed by atoms with Crippen LogP contribution in [0, 0.1) is 0 Å². The first kappa shape index (κ1) is 24.1. The molecule has 0 saturated carbocycles. The van der Waals surface area contributed by atoms with Crippen molar-refractivity contribution in [2.45, 2.75) is 17.5 Å². The van der Waals surface area contributed by atoms with Crippen LogP contribution in [0.15, 0.2) is 88.6 Å². The van der Waals surface area contributed by atoms with Crippen molar-refractivity contribution in [3.63, 3.8) is 0 Å². The third-order valence-electron chi connectivity index (χ3n) is 6.15. The number of carbonyl (C=O) groups is 1. The summed E-state index contributed by atoms with van der Waals surface area (Å²) in [7, 11) is 2.15. The van der Waals surface area contributed by atoms with Gasteiger partial charge in [0.15, 0.2) is 5.16 Å². The number of anilines is 1. The second kappa shape index (κ2) is 11.4. The molecule has 1 aliphatic rings. The SMILES string of the molecule is CN1CCN(c2cc(-c3ccccc3)nc(SCc3cccc(C(=O)NCc4ccco4)c3)n2)CC1. The molecule has 0 aliphatic carbocycles. The molecule has 184 valence electrons. The first-order chi connectivity index (χ1) is 17.6. The molecule has 8 heteroatoms. The van der Waals surface area contributed by atoms with Gasteiger partial charge in [-0.25, -0.2) is 9.97 Å². The van der Waals surface area contributed by atoms with E-state index in [0.29, 0.717) is 17.9 Å². The van der Waals surface area contributed by atoms with Crippen LogP contribution < -0.4 is 10.2 Å². The van der Waals surface area contributed by atoms with Crippen LogP contribution in [0.2, 0.25) is 0 Å². The van der Waals surface area contributed by atoms with Gasteiger partial charge in [0.1, 0.15) is 11.6 Å². The number of amides is 1. The van der Waals surface area contributed by atoms with Crippen LogP contribution in [0.1, 0.15) is 21.7 Å². The Bertz CT molecular complexity index is 1290. The number of benzene rings is 2. The van der Waals surface area contributed by atoms with Crippen LogP contribution in [0.4, 0.5) is 5.82 Å². The smallest absolute Gasteiger partial charge is 0.251 e. The van der Waals surface area contributed by atoms with Gasteiger partial charge in [-0.3, -0.25) is 4.79 Å². The summed E-state index contributed by atoms with van der Waals surface area (Å²) in [6.45, 7) is 4.28. The first-order valence-electron chi connectivity index (χ1n) is 12.0. The number of furan rings is 1. The van der Waals surface area contributed by atoms with E-state index in [1.807, 2.05) is 54.6 Å². The number of nitrogens with zero attached hydrogens (tertiary/aromatic N) is 4. The fourth-order valence-corrected chi connectivity index (χ4v) is 4.86. The van der Waals surface area contributed by atoms with Gasteiger partial charge in [0.2, 0.25) is 0 Å². The fraction of sp³-hybridized carbons (Fsp3) is 0.250. The lowest BCUT2D eigenvalue weighted by Crippen LogP contribution is -2.44. The summed E-state index contributed by atoms with van der Waals surface area (Å²) >= 11 is 1.59. The zero-order valence-corrected chi connectivity index (χ0v) is 21.1. The predicted octanol–water partition coefficient (Wildman–Crippen LogP) is 4.71. The first-order valence-corrected chi connectivity index (χ1v) is 13.0. The Kier molecular flexibility index (Phi) is 7.64. The molecule has 2 aromatic carbocycles. The van der Waals surface area contributed by atoms with E-state index < -0.39 is 0 Å². The normalized spacial score (nSPS) is 14.1. The van der Waals surface area contributed by atoms with Gasteiger partial charge in [0.25, 0.3) is 5.91 Å². The van der Waals surface area contributed by atoms with Crippen LogP contribution in [0.5, 0.6) is 0 Å². The van der Waals surface area contributed by atoms with Gasteiger partial charge in [-0.1, -0.05) is 54.2 Å². The van der Waals surface area contributed by atoms with Gasteiger partial charge < -0.3 is 19.5 Å². The minimum atomic E-state index is -0.127. The van der Waals surface area contributed by atoms with Crippen LogP contribution >= 0.6 is 11.8 Å². The van der Waals surface area contributed by atoms with Crippen LogP contribution in [-0.2, 0) is 12.3 Å². The van der Waals surface area contributed by atoms with E-state index in [0.717, 1.165) is 59.7 Å². The molecular weight excluding hydrogens is 470 g/mol. The molecule has 1 fully saturated rings. The van der Waals surface area contributed by atoms with E-state index >= 15 is 0 Å². The molecule has 0 spiro atoms. The van der Waals surface area contributed by atoms with Gasteiger partial charge in [-0.2, -0.15) is 0 Å². The summed E-state index contributed by atoms with van der Waals surface area (Å²) in [6, 6.07) is 23.7. The molecule has 3 heterocycles. The van der Waals surface area contributed by atoms with Crippen LogP contribution in [0.3, 0.4) is 0 Å². The van der Waals surface area contributed by atoms with Crippen molar-refractivity contribution in [1.29, 1.82) is 0 Å². The summed E-state index contributed by atoms with van der Waals surface area (Å²) in [4.78, 5) is 27.1. The summed E-state index contributed by atoms with van der Waals surface area (Å²) < 4.78 is 5.29. The molecule has 4 aromatic rings. The lowest BCUT2D eigenvalue weighted by Gasteiger charge is -2.33. The summed E-state index contributed by atoms with van der Waals surface area (Å²) in [6.07, 6.45) is 1.60. The van der Waals surface area contributed by atoms with Crippen molar-refractivity contribution in [2.24, 2.45) is 0 Å². The molecule has 36 heavy (non-hydrogen) atoms. The average molecular weight is 500 g/mol. The molecule has 1 N–H and O–H groups in total. The highest BCUT2D eigenvalue weighted by molar-refractivity contribution is 7.98. The number of thioether (sulfide) groups is 1. The number of rotatable bonds is 8. The molecule has 0 atom stereocenters. The zero-order valence-electron chi connectivity index (χ0n) is 20.3. The summed E-state index contributed by atoms with van der Waals surface area (Å²) in [5, 5.41) is 3.64. The van der Waals surface area contributed by atoms with Gasteiger partial charge >= 0.3 is 0 Å². The van der Waals surface area contributed by atoms with Gasteiger partial charge in [0.05, 0.1) is 18.5 Å². The van der Waals surface area contributed by atoms with Crippen molar-refractivity contribution < 1.29 is 9.21 Å². The highest BCUT2D eigenvalue weighted by Crippen LogP contribution is 2.28. The Morgan fingerprint density at radius 1 is 0.972 bits per heavy atom. The topological polar surface area (TPSA) is 74.5 Å². The highest BCUT2D eigenvalue weighted by Gasteiger charge is 2.18. The second-order valence-electron chi connectivity index (χ2n) is 8.80. The molecule has 0 bridgehead atoms. The number of aromatic nitrogens is 2. The molecule has 0 radical (unpaired) electrons. The van der Waals surface area contributed by atoms with Gasteiger partial charge in [0, 0.05) is 49.1 Å². The van der Waals surface area contributed by atoms with E-state index in [9.17, 15) is 4.79 Å². The van der Waals surface area contributed by atoms with Gasteiger partial charge in [-0.05, 0) is 36.9 Å². The van der Waals surface area contributed by atoms with Crippen molar-refractivity contribution >= 4 is 23.5 Å². The van der Waals surface area contributed by atoms with Gasteiger partial charge in [-0.15, -0.1) is 0 Å².